The second kappa shape index (κ2) is 8.83. The predicted molar refractivity (Wildman–Crippen MR) is 157 cm³/mol. The van der Waals surface area contributed by atoms with Gasteiger partial charge in [0.2, 0.25) is 0 Å². The van der Waals surface area contributed by atoms with Gasteiger partial charge in [0, 0.05) is 22.6 Å². The number of nitrogens with two attached hydrogens (primary N) is 3. The fraction of sp³-hybridized carbons (Fsp3) is 0.0625. The van der Waals surface area contributed by atoms with E-state index in [-0.39, 0.29) is 0 Å². The van der Waals surface area contributed by atoms with Gasteiger partial charge in [0.1, 0.15) is 10.9 Å². The van der Waals surface area contributed by atoms with Crippen molar-refractivity contribution in [2.45, 2.75) is 12.1 Å². The highest BCUT2D eigenvalue weighted by Gasteiger charge is 2.58. The molecule has 0 aromatic heterocycles. The molecule has 0 amide bonds. The number of anilines is 3. The van der Waals surface area contributed by atoms with Crippen LogP contribution in [0.1, 0.15) is 22.3 Å². The zero-order valence-corrected chi connectivity index (χ0v) is 21.9. The largest absolute Gasteiger partial charge is 0.438 e. The number of hydrogen-bond donors (Lipinski definition) is 3. The molecule has 6 N–H and O–H groups in total. The Morgan fingerprint density at radius 1 is 0.632 bits per heavy atom. The normalized spacial score (nSPS) is 16.2. The molecule has 1 aliphatic heterocycles. The summed E-state index contributed by atoms with van der Waals surface area (Å²) in [5.74, 6) is 0.581. The van der Waals surface area contributed by atoms with Crippen LogP contribution in [0.15, 0.2) is 115 Å². The number of rotatable bonds is 4. The predicted octanol–water partition coefficient (Wildman–Crippen LogP) is 6.70. The van der Waals surface area contributed by atoms with Crippen molar-refractivity contribution in [3.05, 3.63) is 138 Å². The van der Waals surface area contributed by atoms with Gasteiger partial charge in [-0.05, 0) is 77.2 Å². The van der Waals surface area contributed by atoms with Gasteiger partial charge in [0.25, 0.3) is 7.37 Å². The van der Waals surface area contributed by atoms with Crippen LogP contribution in [0.2, 0.25) is 0 Å². The highest BCUT2D eigenvalue weighted by molar-refractivity contribution is 7.69. The zero-order valence-electron chi connectivity index (χ0n) is 21.0. The van der Waals surface area contributed by atoms with Crippen LogP contribution in [-0.4, -0.2) is 0 Å². The third-order valence-electron chi connectivity index (χ3n) is 7.41. The van der Waals surface area contributed by atoms with Crippen molar-refractivity contribution in [2.24, 2.45) is 0 Å². The lowest BCUT2D eigenvalue weighted by atomic mass is 9.83. The van der Waals surface area contributed by atoms with E-state index in [9.17, 15) is 0 Å². The summed E-state index contributed by atoms with van der Waals surface area (Å²) < 4.78 is 22.9. The molecule has 1 unspecified atom stereocenters. The molecule has 0 radical (unpaired) electrons. The molecule has 1 atom stereocenters. The molecule has 5 aromatic carbocycles. The van der Waals surface area contributed by atoms with E-state index in [0.29, 0.717) is 28.1 Å². The quantitative estimate of drug-likeness (QED) is 0.140. The molecule has 0 saturated heterocycles. The Labute approximate surface area is 222 Å². The Balaban J connectivity index is 1.81. The van der Waals surface area contributed by atoms with Crippen LogP contribution >= 0.6 is 7.37 Å². The Bertz CT molecular complexity index is 1670. The van der Waals surface area contributed by atoms with Crippen molar-refractivity contribution >= 4 is 29.7 Å². The summed E-state index contributed by atoms with van der Waals surface area (Å²) in [7, 11) is -3.83. The first-order valence-electron chi connectivity index (χ1n) is 12.4. The number of benzene rings is 5. The number of fused-ring (bicyclic) bond motifs is 3. The van der Waals surface area contributed by atoms with E-state index in [1.807, 2.05) is 122 Å². The van der Waals surface area contributed by atoms with Crippen LogP contribution in [0.5, 0.6) is 5.75 Å². The second-order valence-electron chi connectivity index (χ2n) is 9.68. The molecule has 1 heterocycles. The van der Waals surface area contributed by atoms with Gasteiger partial charge in [-0.3, -0.25) is 4.57 Å². The van der Waals surface area contributed by atoms with Crippen molar-refractivity contribution in [1.29, 1.82) is 0 Å². The van der Waals surface area contributed by atoms with Crippen molar-refractivity contribution in [2.75, 3.05) is 17.2 Å². The van der Waals surface area contributed by atoms with Gasteiger partial charge in [0.05, 0.1) is 5.30 Å². The average Bonchev–Trinajstić information content (AvgIpc) is 2.93. The van der Waals surface area contributed by atoms with Gasteiger partial charge < -0.3 is 21.7 Å². The molecule has 0 aliphatic carbocycles. The van der Waals surface area contributed by atoms with Crippen LogP contribution < -0.4 is 27.0 Å². The lowest BCUT2D eigenvalue weighted by Crippen LogP contribution is -2.38. The van der Waals surface area contributed by atoms with Gasteiger partial charge in [-0.2, -0.15) is 0 Å². The minimum Gasteiger partial charge on any atom is -0.438 e. The number of nitrogen functional groups attached to an aromatic ring is 3. The SMILES string of the molecule is Cc1cc(C(c2ccc(N)cc2)(c2ccc(N)cc2)P2(=O)Oc3ccccc3-c3ccccc32)ccc1N. The van der Waals surface area contributed by atoms with Crippen molar-refractivity contribution < 1.29 is 9.09 Å². The highest BCUT2D eigenvalue weighted by atomic mass is 31.2. The average molecular weight is 518 g/mol. The van der Waals surface area contributed by atoms with E-state index >= 15 is 4.57 Å². The number of para-hydroxylation sites is 1. The topological polar surface area (TPSA) is 104 Å². The van der Waals surface area contributed by atoms with E-state index in [1.54, 1.807) is 0 Å². The Kier molecular flexibility index (Phi) is 5.55. The molecule has 6 heteroatoms. The first-order chi connectivity index (χ1) is 18.3. The van der Waals surface area contributed by atoms with Crippen molar-refractivity contribution in [3.63, 3.8) is 0 Å². The van der Waals surface area contributed by atoms with E-state index in [4.69, 9.17) is 21.7 Å². The maximum Gasteiger partial charge on any atom is 0.296 e. The fourth-order valence-corrected chi connectivity index (χ4v) is 8.81. The Morgan fingerprint density at radius 2 is 1.16 bits per heavy atom. The van der Waals surface area contributed by atoms with E-state index in [1.165, 1.54) is 0 Å². The molecule has 0 spiro atoms. The molecular weight excluding hydrogens is 489 g/mol. The summed E-state index contributed by atoms with van der Waals surface area (Å²) in [6.45, 7) is 1.95. The monoisotopic (exact) mass is 517 g/mol. The highest BCUT2D eigenvalue weighted by Crippen LogP contribution is 2.71. The lowest BCUT2D eigenvalue weighted by Gasteiger charge is -2.44. The maximum absolute atomic E-state index is 16.1. The first-order valence-corrected chi connectivity index (χ1v) is 14.0. The van der Waals surface area contributed by atoms with Crippen LogP contribution in [0.25, 0.3) is 11.1 Å². The standard InChI is InChI=1S/C32H28N3O2P/c1-21-20-24(14-19-29(21)35)32(22-10-15-25(33)16-11-22,23-12-17-26(34)18-13-23)38(36)31-9-5-3-7-28(31)27-6-2-4-8-30(27)37-38/h2-20H,33-35H2,1H3. The minimum absolute atomic E-state index is 0.581. The fourth-order valence-electron chi connectivity index (χ4n) is 5.52. The van der Waals surface area contributed by atoms with Gasteiger partial charge in [0.15, 0.2) is 0 Å². The van der Waals surface area contributed by atoms with Crippen molar-refractivity contribution in [1.82, 2.24) is 0 Å². The van der Waals surface area contributed by atoms with Crippen LogP contribution in [0.3, 0.4) is 0 Å². The molecule has 0 saturated carbocycles. The number of aryl methyl sites for hydroxylation is 1. The van der Waals surface area contributed by atoms with Gasteiger partial charge in [-0.15, -0.1) is 0 Å². The summed E-state index contributed by atoms with van der Waals surface area (Å²) in [6, 6.07) is 36.4. The van der Waals surface area contributed by atoms with Crippen LogP contribution in [0, 0.1) is 6.92 Å². The molecule has 188 valence electrons. The van der Waals surface area contributed by atoms with E-state index in [2.05, 4.69) is 0 Å². The van der Waals surface area contributed by atoms with Gasteiger partial charge in [-0.25, -0.2) is 0 Å². The second-order valence-corrected chi connectivity index (χ2v) is 12.1. The van der Waals surface area contributed by atoms with Crippen LogP contribution in [0.4, 0.5) is 17.1 Å². The molecule has 1 aliphatic rings. The summed E-state index contributed by atoms with van der Waals surface area (Å²) in [6.07, 6.45) is 0. The molecule has 5 nitrogen and oxygen atoms in total. The molecular formula is C32H28N3O2P. The van der Waals surface area contributed by atoms with Gasteiger partial charge in [-0.1, -0.05) is 72.8 Å². The molecule has 6 rings (SSSR count). The Hall–Kier alpha value is -4.47. The molecule has 5 aromatic rings. The van der Waals surface area contributed by atoms with Crippen LogP contribution in [-0.2, 0) is 9.72 Å². The first kappa shape index (κ1) is 23.9. The maximum atomic E-state index is 16.1. The number of hydrogen-bond acceptors (Lipinski definition) is 5. The summed E-state index contributed by atoms with van der Waals surface area (Å²) in [5.41, 5.74) is 25.5. The van der Waals surface area contributed by atoms with Gasteiger partial charge >= 0.3 is 0 Å². The van der Waals surface area contributed by atoms with E-state index < -0.39 is 12.5 Å². The lowest BCUT2D eigenvalue weighted by molar-refractivity contribution is 0.469. The van der Waals surface area contributed by atoms with E-state index in [0.717, 1.165) is 33.4 Å². The summed E-state index contributed by atoms with van der Waals surface area (Å²) in [5, 5.41) is -0.585. The third kappa shape index (κ3) is 3.43. The molecule has 0 fully saturated rings. The van der Waals surface area contributed by atoms with Crippen molar-refractivity contribution in [3.8, 4) is 16.9 Å². The summed E-state index contributed by atoms with van der Waals surface area (Å²) >= 11 is 0. The molecule has 0 bridgehead atoms. The third-order valence-corrected chi connectivity index (χ3v) is 10.5. The smallest absolute Gasteiger partial charge is 0.296 e. The molecule has 38 heavy (non-hydrogen) atoms. The zero-order chi connectivity index (χ0) is 26.5. The summed E-state index contributed by atoms with van der Waals surface area (Å²) in [4.78, 5) is 0. The minimum atomic E-state index is -3.83. The Morgan fingerprint density at radius 3 is 1.76 bits per heavy atom.